The number of carbonyl (C=O) groups is 7. The predicted molar refractivity (Wildman–Crippen MR) is 216 cm³/mol. The third-order valence-electron chi connectivity index (χ3n) is 9.50. The number of nitrogens with zero attached hydrogens (tertiary/aromatic N) is 2. The number of ether oxygens (including phenoxy) is 2. The largest absolute Gasteiger partial charge is 0.481 e. The quantitative estimate of drug-likeness (QED) is 0.0178. The summed E-state index contributed by atoms with van der Waals surface area (Å²) in [6, 6.07) is 11.3. The van der Waals surface area contributed by atoms with Crippen molar-refractivity contribution in [2.45, 2.75) is 50.2 Å². The van der Waals surface area contributed by atoms with Crippen molar-refractivity contribution in [3.05, 3.63) is 64.8 Å². The average molecular weight is 854 g/mol. The molecule has 4 amide bonds. The molecule has 0 aliphatic carbocycles. The van der Waals surface area contributed by atoms with Crippen molar-refractivity contribution in [2.24, 2.45) is 16.5 Å². The Kier molecular flexibility index (Phi) is 17.2. The maximum absolute atomic E-state index is 13.4. The third-order valence-corrected chi connectivity index (χ3v) is 9.50. The number of benzene rings is 2. The molecule has 0 radical (unpaired) electrons. The molecule has 2 aromatic carbocycles. The summed E-state index contributed by atoms with van der Waals surface area (Å²) >= 11 is 0. The van der Waals surface area contributed by atoms with Crippen LogP contribution in [0.5, 0.6) is 0 Å². The monoisotopic (exact) mass is 853 g/mol. The zero-order chi connectivity index (χ0) is 44.5. The number of morpholine rings is 1. The molecule has 328 valence electrons. The smallest absolute Gasteiger partial charge is 0.328 e. The molecule has 0 saturated carbocycles. The van der Waals surface area contributed by atoms with E-state index in [1.54, 1.807) is 12.1 Å². The number of guanidine groups is 1. The molecule has 1 fully saturated rings. The molecule has 1 saturated heterocycles. The van der Waals surface area contributed by atoms with Crippen molar-refractivity contribution in [3.63, 3.8) is 0 Å². The van der Waals surface area contributed by atoms with E-state index in [1.165, 1.54) is 6.07 Å². The van der Waals surface area contributed by atoms with Crippen molar-refractivity contribution in [3.8, 4) is 11.1 Å². The summed E-state index contributed by atoms with van der Waals surface area (Å²) in [5, 5.41) is 36.6. The number of quaternary nitrogens is 1. The first kappa shape index (κ1) is 46.8. The normalized spacial score (nSPS) is 14.6. The minimum absolute atomic E-state index is 0.0345. The van der Waals surface area contributed by atoms with E-state index in [0.717, 1.165) is 5.56 Å². The number of nitrogens with one attached hydrogen (secondary N) is 4. The van der Waals surface area contributed by atoms with E-state index in [4.69, 9.17) is 30.5 Å². The maximum atomic E-state index is 13.4. The molecule has 3 atom stereocenters. The van der Waals surface area contributed by atoms with Gasteiger partial charge in [-0.1, -0.05) is 42.5 Å². The van der Waals surface area contributed by atoms with E-state index >= 15 is 0 Å². The van der Waals surface area contributed by atoms with E-state index in [0.29, 0.717) is 29.6 Å². The average Bonchev–Trinajstić information content (AvgIpc) is 3.24. The number of nitrogens with two attached hydrogens (primary N) is 2. The number of aliphatic carboxylic acids is 2. The fraction of sp³-hybridized carbons (Fsp3) is 0.410. The summed E-state index contributed by atoms with van der Waals surface area (Å²) in [5.74, 6) is -7.69. The van der Waals surface area contributed by atoms with Gasteiger partial charge in [0.05, 0.1) is 50.7 Å². The number of hydrogen-bond acceptors (Lipinski definition) is 13. The van der Waals surface area contributed by atoms with Gasteiger partial charge < -0.3 is 61.9 Å². The first-order valence-electron chi connectivity index (χ1n) is 19.1. The fourth-order valence-electron chi connectivity index (χ4n) is 6.25. The van der Waals surface area contributed by atoms with Gasteiger partial charge in [-0.25, -0.2) is 9.28 Å². The molecule has 22 heteroatoms. The second-order valence-corrected chi connectivity index (χ2v) is 13.9. The molecule has 3 aromatic rings. The van der Waals surface area contributed by atoms with Crippen molar-refractivity contribution in [1.82, 2.24) is 25.8 Å². The van der Waals surface area contributed by atoms with Crippen LogP contribution in [-0.4, -0.2) is 134 Å². The highest BCUT2D eigenvalue weighted by molar-refractivity contribution is 5.95. The summed E-state index contributed by atoms with van der Waals surface area (Å²) in [6.07, 6.45) is -1.63. The summed E-state index contributed by atoms with van der Waals surface area (Å²) in [5.41, 5.74) is 12.4. The van der Waals surface area contributed by atoms with Gasteiger partial charge in [-0.15, -0.1) is 0 Å². The van der Waals surface area contributed by atoms with Crippen molar-refractivity contribution in [2.75, 3.05) is 52.7 Å². The molecule has 22 nitrogen and oxygen atoms in total. The summed E-state index contributed by atoms with van der Waals surface area (Å²) < 4.78 is 17.6. The Bertz CT molecular complexity index is 2150. The highest BCUT2D eigenvalue weighted by Gasteiger charge is 2.38. The van der Waals surface area contributed by atoms with Crippen LogP contribution in [0.2, 0.25) is 0 Å². The van der Waals surface area contributed by atoms with Gasteiger partial charge >= 0.3 is 23.8 Å². The molecular formula is C39H49N8O14+. The number of amides is 4. The molecular weight excluding hydrogens is 804 g/mol. The number of para-hydroxylation sites is 1. The van der Waals surface area contributed by atoms with E-state index < -0.39 is 92.1 Å². The number of carboxylic acid groups (broad SMARTS) is 2. The van der Waals surface area contributed by atoms with E-state index in [-0.39, 0.29) is 61.1 Å². The van der Waals surface area contributed by atoms with Gasteiger partial charge in [0.15, 0.2) is 17.0 Å². The highest BCUT2D eigenvalue weighted by atomic mass is 16.6. The van der Waals surface area contributed by atoms with Gasteiger partial charge in [0.1, 0.15) is 31.2 Å². The van der Waals surface area contributed by atoms with Crippen LogP contribution in [0.25, 0.3) is 22.1 Å². The Hall–Kier alpha value is -6.91. The number of rotatable bonds is 22. The lowest BCUT2D eigenvalue weighted by Gasteiger charge is -2.37. The molecule has 4 rings (SSSR count). The summed E-state index contributed by atoms with van der Waals surface area (Å²) in [4.78, 5) is 104. The highest BCUT2D eigenvalue weighted by Crippen LogP contribution is 2.33. The molecule has 0 spiro atoms. The predicted octanol–water partition coefficient (Wildman–Crippen LogP) is -1.75. The van der Waals surface area contributed by atoms with Crippen LogP contribution in [0.15, 0.2) is 68.8 Å². The van der Waals surface area contributed by atoms with E-state index in [1.807, 2.05) is 41.7 Å². The number of carboxylic acids is 2. The molecule has 11 N–H and O–H groups in total. The molecule has 0 bridgehead atoms. The van der Waals surface area contributed by atoms with Gasteiger partial charge in [-0.3, -0.25) is 38.6 Å². The van der Waals surface area contributed by atoms with Gasteiger partial charge in [0.2, 0.25) is 30.4 Å². The minimum Gasteiger partial charge on any atom is -0.481 e. The van der Waals surface area contributed by atoms with Crippen molar-refractivity contribution in [1.29, 1.82) is 0 Å². The van der Waals surface area contributed by atoms with Crippen LogP contribution >= 0.6 is 0 Å². The van der Waals surface area contributed by atoms with Gasteiger partial charge in [0.25, 0.3) is 0 Å². The Balaban J connectivity index is 1.38. The second-order valence-electron chi connectivity index (χ2n) is 13.9. The molecule has 1 aromatic heterocycles. The SMILES string of the molecule is NC(N)=NCCC[C@@H](NC(=O)CCC(=O)OC[N+]1(c2cc(=O)c3cccc(-c4ccccc4)c3o2)CCOCC1)C(=O)NCC(=O)N[C@H](CC(=O)O)C(=O)N[C@H](CO)C(=O)O. The number of esters is 1. The van der Waals surface area contributed by atoms with E-state index in [9.17, 15) is 48.6 Å². The minimum atomic E-state index is -1.78. The number of aliphatic hydroxyl groups excluding tert-OH is 1. The lowest BCUT2D eigenvalue weighted by Crippen LogP contribution is -2.58. The molecule has 2 heterocycles. The number of aliphatic imine (C=N–C) groups is 1. The lowest BCUT2D eigenvalue weighted by molar-refractivity contribution is -0.151. The molecule has 1 aliphatic rings. The number of hydrogen-bond donors (Lipinski definition) is 9. The Labute approximate surface area is 347 Å². The van der Waals surface area contributed by atoms with E-state index in [2.05, 4.69) is 20.9 Å². The van der Waals surface area contributed by atoms with Crippen LogP contribution in [0, 0.1) is 0 Å². The lowest BCUT2D eigenvalue weighted by atomic mass is 10.0. The van der Waals surface area contributed by atoms with Gasteiger partial charge in [-0.2, -0.15) is 0 Å². The third kappa shape index (κ3) is 13.8. The second kappa shape index (κ2) is 22.5. The Morgan fingerprint density at radius 3 is 2.21 bits per heavy atom. The zero-order valence-corrected chi connectivity index (χ0v) is 33.0. The Morgan fingerprint density at radius 2 is 1.56 bits per heavy atom. The van der Waals surface area contributed by atoms with Crippen LogP contribution in [0.4, 0.5) is 5.88 Å². The zero-order valence-electron chi connectivity index (χ0n) is 33.0. The topological polar surface area (TPSA) is 341 Å². The van der Waals surface area contributed by atoms with Crippen LogP contribution in [0.3, 0.4) is 0 Å². The van der Waals surface area contributed by atoms with Crippen LogP contribution < -0.4 is 42.6 Å². The maximum Gasteiger partial charge on any atom is 0.328 e. The molecule has 61 heavy (non-hydrogen) atoms. The molecule has 0 unspecified atom stereocenters. The standard InChI is InChI=1S/C39H48N8O14/c40-39(41)42-13-5-10-26(36(55)43-20-31(51)45-27(18-33(52)53)37(56)46-28(21-48)38(57)58)44-30(50)11-12-34(54)60-22-47(14-16-59-17-15-47)32-19-29(49)25-9-4-8-24(35(25)61-32)23-6-2-1-3-7-23/h1-4,6-9,19,26-28,48H,5,10-18,20-22H2,(H9-,40,41,42,43,44,45,46,50,51,52,53,55,56,57,58)/p+1/t26-,27-,28-/m1/s1. The Morgan fingerprint density at radius 1 is 0.852 bits per heavy atom. The first-order chi connectivity index (χ1) is 29.1. The van der Waals surface area contributed by atoms with Crippen LogP contribution in [-0.2, 0) is 43.0 Å². The van der Waals surface area contributed by atoms with Crippen molar-refractivity contribution < 1.29 is 62.8 Å². The number of carbonyl (C=O) groups excluding carboxylic acids is 5. The molecule has 1 aliphatic heterocycles. The first-order valence-corrected chi connectivity index (χ1v) is 19.1. The van der Waals surface area contributed by atoms with Crippen LogP contribution in [0.1, 0.15) is 32.1 Å². The number of aliphatic hydroxyl groups is 1. The van der Waals surface area contributed by atoms with Crippen molar-refractivity contribution >= 4 is 64.3 Å². The summed E-state index contributed by atoms with van der Waals surface area (Å²) in [7, 11) is 0. The van der Waals surface area contributed by atoms with Gasteiger partial charge in [0, 0.05) is 18.5 Å². The van der Waals surface area contributed by atoms with Gasteiger partial charge in [-0.05, 0) is 24.5 Å². The fourth-order valence-corrected chi connectivity index (χ4v) is 6.25. The summed E-state index contributed by atoms with van der Waals surface area (Å²) in [6.45, 7) is -0.783. The number of fused-ring (bicyclic) bond motifs is 1.